The van der Waals surface area contributed by atoms with Gasteiger partial charge >= 0.3 is 0 Å². The number of anilines is 2. The summed E-state index contributed by atoms with van der Waals surface area (Å²) in [5, 5.41) is 0. The van der Waals surface area contributed by atoms with E-state index in [-0.39, 0.29) is 12.2 Å². The van der Waals surface area contributed by atoms with Crippen LogP contribution in [0, 0.1) is 0 Å². The SMILES string of the molecule is Nc1cccc(N2C3C=CC=CC3=NC2c2ccccc2)c1. The van der Waals surface area contributed by atoms with Gasteiger partial charge in [-0.3, -0.25) is 4.99 Å². The minimum atomic E-state index is -0.0181. The van der Waals surface area contributed by atoms with Crippen molar-refractivity contribution in [3.63, 3.8) is 0 Å². The highest BCUT2D eigenvalue weighted by Gasteiger charge is 2.35. The van der Waals surface area contributed by atoms with Crippen molar-refractivity contribution < 1.29 is 0 Å². The Labute approximate surface area is 130 Å². The third-order valence-corrected chi connectivity index (χ3v) is 4.08. The molecule has 0 aromatic heterocycles. The van der Waals surface area contributed by atoms with Crippen molar-refractivity contribution in [2.24, 2.45) is 4.99 Å². The minimum absolute atomic E-state index is 0.0181. The van der Waals surface area contributed by atoms with E-state index in [1.165, 1.54) is 5.56 Å². The highest BCUT2D eigenvalue weighted by Crippen LogP contribution is 2.37. The monoisotopic (exact) mass is 287 g/mol. The summed E-state index contributed by atoms with van der Waals surface area (Å²) in [5.41, 5.74) is 10.1. The predicted octanol–water partition coefficient (Wildman–Crippen LogP) is 3.72. The van der Waals surface area contributed by atoms with Gasteiger partial charge < -0.3 is 10.6 Å². The number of nitrogens with two attached hydrogens (primary N) is 1. The number of hydrogen-bond acceptors (Lipinski definition) is 3. The first-order valence-corrected chi connectivity index (χ1v) is 7.44. The zero-order valence-corrected chi connectivity index (χ0v) is 12.1. The van der Waals surface area contributed by atoms with Gasteiger partial charge in [-0.1, -0.05) is 54.6 Å². The average Bonchev–Trinajstić information content (AvgIpc) is 2.95. The van der Waals surface area contributed by atoms with E-state index in [1.807, 2.05) is 30.3 Å². The number of nitrogens with zero attached hydrogens (tertiary/aromatic N) is 2. The molecule has 0 saturated heterocycles. The van der Waals surface area contributed by atoms with Gasteiger partial charge in [-0.05, 0) is 29.8 Å². The number of allylic oxidation sites excluding steroid dienone is 2. The maximum atomic E-state index is 5.98. The Morgan fingerprint density at radius 3 is 2.64 bits per heavy atom. The molecule has 2 N–H and O–H groups in total. The Kier molecular flexibility index (Phi) is 3.04. The summed E-state index contributed by atoms with van der Waals surface area (Å²) in [4.78, 5) is 7.25. The highest BCUT2D eigenvalue weighted by molar-refractivity contribution is 6.06. The van der Waals surface area contributed by atoms with E-state index in [4.69, 9.17) is 10.7 Å². The summed E-state index contributed by atoms with van der Waals surface area (Å²) < 4.78 is 0. The molecule has 3 heteroatoms. The fourth-order valence-electron chi connectivity index (χ4n) is 3.08. The van der Waals surface area contributed by atoms with Crippen LogP contribution in [0.5, 0.6) is 0 Å². The molecule has 1 aliphatic heterocycles. The standard InChI is InChI=1S/C19H17N3/c20-15-9-6-10-16(13-15)22-18-12-5-4-11-17(18)21-19(22)14-7-2-1-3-8-14/h1-13,18-19H,20H2. The molecule has 0 saturated carbocycles. The summed E-state index contributed by atoms with van der Waals surface area (Å²) in [6.07, 6.45) is 8.38. The maximum absolute atomic E-state index is 5.98. The van der Waals surface area contributed by atoms with Gasteiger partial charge in [0.1, 0.15) is 6.17 Å². The predicted molar refractivity (Wildman–Crippen MR) is 92.0 cm³/mol. The first kappa shape index (κ1) is 12.9. The van der Waals surface area contributed by atoms with Gasteiger partial charge in [0.2, 0.25) is 0 Å². The van der Waals surface area contributed by atoms with Gasteiger partial charge in [0.05, 0.1) is 11.8 Å². The summed E-state index contributed by atoms with van der Waals surface area (Å²) in [5.74, 6) is 0. The first-order chi connectivity index (χ1) is 10.8. The lowest BCUT2D eigenvalue weighted by atomic mass is 10.0. The van der Waals surface area contributed by atoms with Crippen molar-refractivity contribution in [1.29, 1.82) is 0 Å². The van der Waals surface area contributed by atoms with Crippen LogP contribution >= 0.6 is 0 Å². The summed E-state index contributed by atoms with van der Waals surface area (Å²) in [7, 11) is 0. The molecule has 4 rings (SSSR count). The van der Waals surface area contributed by atoms with Crippen LogP contribution in [-0.2, 0) is 0 Å². The van der Waals surface area contributed by atoms with Gasteiger partial charge in [-0.15, -0.1) is 0 Å². The average molecular weight is 287 g/mol. The van der Waals surface area contributed by atoms with Gasteiger partial charge in [0.25, 0.3) is 0 Å². The molecule has 108 valence electrons. The molecule has 2 aromatic carbocycles. The van der Waals surface area contributed by atoms with Gasteiger partial charge in [-0.25, -0.2) is 0 Å². The Morgan fingerprint density at radius 2 is 1.82 bits per heavy atom. The third-order valence-electron chi connectivity index (χ3n) is 4.08. The Morgan fingerprint density at radius 1 is 0.955 bits per heavy atom. The van der Waals surface area contributed by atoms with Gasteiger partial charge in [-0.2, -0.15) is 0 Å². The molecular formula is C19H17N3. The molecule has 0 bridgehead atoms. The fourth-order valence-corrected chi connectivity index (χ4v) is 3.08. The molecule has 2 unspecified atom stereocenters. The van der Waals surface area contributed by atoms with Crippen LogP contribution in [0.15, 0.2) is 83.9 Å². The van der Waals surface area contributed by atoms with Crippen LogP contribution in [0.2, 0.25) is 0 Å². The molecule has 22 heavy (non-hydrogen) atoms. The number of nitrogen functional groups attached to an aromatic ring is 1. The minimum Gasteiger partial charge on any atom is -0.399 e. The fraction of sp³-hybridized carbons (Fsp3) is 0.105. The molecule has 1 aliphatic carbocycles. The van der Waals surface area contributed by atoms with E-state index < -0.39 is 0 Å². The zero-order valence-electron chi connectivity index (χ0n) is 12.1. The van der Waals surface area contributed by atoms with E-state index >= 15 is 0 Å². The van der Waals surface area contributed by atoms with Gasteiger partial charge in [0.15, 0.2) is 0 Å². The lowest BCUT2D eigenvalue weighted by Gasteiger charge is -2.31. The molecule has 3 nitrogen and oxygen atoms in total. The summed E-state index contributed by atoms with van der Waals surface area (Å²) in [6, 6.07) is 18.6. The van der Waals surface area contributed by atoms with Gasteiger partial charge in [0, 0.05) is 11.4 Å². The topological polar surface area (TPSA) is 41.6 Å². The Balaban J connectivity index is 1.82. The van der Waals surface area contributed by atoms with Crippen LogP contribution in [-0.4, -0.2) is 11.8 Å². The number of hydrogen-bond donors (Lipinski definition) is 1. The maximum Gasteiger partial charge on any atom is 0.148 e. The molecule has 2 aromatic rings. The molecule has 0 radical (unpaired) electrons. The van der Waals surface area contributed by atoms with Crippen molar-refractivity contribution in [3.05, 3.63) is 84.5 Å². The summed E-state index contributed by atoms with van der Waals surface area (Å²) >= 11 is 0. The van der Waals surface area contributed by atoms with E-state index in [1.54, 1.807) is 0 Å². The van der Waals surface area contributed by atoms with E-state index in [2.05, 4.69) is 53.5 Å². The van der Waals surface area contributed by atoms with Crippen LogP contribution in [0.25, 0.3) is 0 Å². The zero-order chi connectivity index (χ0) is 14.9. The van der Waals surface area contributed by atoms with Crippen LogP contribution < -0.4 is 10.6 Å². The normalized spacial score (nSPS) is 22.5. The molecule has 2 aliphatic rings. The lowest BCUT2D eigenvalue weighted by Crippen LogP contribution is -2.35. The second kappa shape index (κ2) is 5.19. The molecule has 1 heterocycles. The molecule has 2 atom stereocenters. The number of rotatable bonds is 2. The van der Waals surface area contributed by atoms with Crippen LogP contribution in [0.3, 0.4) is 0 Å². The number of benzene rings is 2. The highest BCUT2D eigenvalue weighted by atomic mass is 15.3. The second-order valence-corrected chi connectivity index (χ2v) is 5.53. The second-order valence-electron chi connectivity index (χ2n) is 5.53. The third kappa shape index (κ3) is 2.11. The Hall–Kier alpha value is -2.81. The van der Waals surface area contributed by atoms with Crippen LogP contribution in [0.4, 0.5) is 11.4 Å². The van der Waals surface area contributed by atoms with Crippen molar-refractivity contribution in [1.82, 2.24) is 0 Å². The van der Waals surface area contributed by atoms with Crippen molar-refractivity contribution in [2.45, 2.75) is 12.2 Å². The van der Waals surface area contributed by atoms with Crippen molar-refractivity contribution in [2.75, 3.05) is 10.6 Å². The van der Waals surface area contributed by atoms with E-state index in [0.29, 0.717) is 0 Å². The summed E-state index contributed by atoms with van der Waals surface area (Å²) in [6.45, 7) is 0. The number of fused-ring (bicyclic) bond motifs is 1. The Bertz CT molecular complexity index is 774. The molecular weight excluding hydrogens is 270 g/mol. The molecule has 0 amide bonds. The number of aliphatic imine (C=N–C) groups is 1. The van der Waals surface area contributed by atoms with Crippen LogP contribution in [0.1, 0.15) is 11.7 Å². The first-order valence-electron chi connectivity index (χ1n) is 7.44. The molecule has 0 spiro atoms. The largest absolute Gasteiger partial charge is 0.399 e. The lowest BCUT2D eigenvalue weighted by molar-refractivity contribution is 0.696. The van der Waals surface area contributed by atoms with Crippen molar-refractivity contribution in [3.8, 4) is 0 Å². The quantitative estimate of drug-likeness (QED) is 0.855. The van der Waals surface area contributed by atoms with E-state index in [0.717, 1.165) is 17.1 Å². The molecule has 0 fully saturated rings. The van der Waals surface area contributed by atoms with E-state index in [9.17, 15) is 0 Å². The van der Waals surface area contributed by atoms with Crippen molar-refractivity contribution >= 4 is 17.1 Å². The smallest absolute Gasteiger partial charge is 0.148 e.